The SMILES string of the molecule is CC(NC(=O)Cc1csc(N2CCCC2=O)n1)c1ccc(Cl)cc1. The van der Waals surface area contributed by atoms with Gasteiger partial charge in [-0.25, -0.2) is 4.98 Å². The highest BCUT2D eigenvalue weighted by Gasteiger charge is 2.24. The number of rotatable bonds is 5. The van der Waals surface area contributed by atoms with E-state index in [1.165, 1.54) is 11.3 Å². The Kier molecular flexibility index (Phi) is 5.16. The first-order chi connectivity index (χ1) is 11.5. The Morgan fingerprint density at radius 2 is 2.17 bits per heavy atom. The fourth-order valence-electron chi connectivity index (χ4n) is 2.64. The Hall–Kier alpha value is -1.92. The van der Waals surface area contributed by atoms with Crippen molar-refractivity contribution in [3.63, 3.8) is 0 Å². The molecule has 0 saturated carbocycles. The predicted octanol–water partition coefficient (Wildman–Crippen LogP) is 3.34. The molecule has 7 heteroatoms. The van der Waals surface area contributed by atoms with Gasteiger partial charge in [-0.05, 0) is 31.0 Å². The molecule has 1 fully saturated rings. The summed E-state index contributed by atoms with van der Waals surface area (Å²) in [7, 11) is 0. The molecule has 1 unspecified atom stereocenters. The van der Waals surface area contributed by atoms with Gasteiger partial charge in [0.25, 0.3) is 0 Å². The molecule has 2 amide bonds. The molecule has 2 heterocycles. The Bertz CT molecular complexity index is 745. The van der Waals surface area contributed by atoms with E-state index in [-0.39, 0.29) is 24.3 Å². The average Bonchev–Trinajstić information content (AvgIpc) is 3.16. The van der Waals surface area contributed by atoms with E-state index >= 15 is 0 Å². The summed E-state index contributed by atoms with van der Waals surface area (Å²) in [4.78, 5) is 30.1. The maximum Gasteiger partial charge on any atom is 0.228 e. The summed E-state index contributed by atoms with van der Waals surface area (Å²) in [5.74, 6) is 0.0127. The van der Waals surface area contributed by atoms with E-state index in [1.807, 2.05) is 24.4 Å². The van der Waals surface area contributed by atoms with Gasteiger partial charge < -0.3 is 5.32 Å². The second-order valence-electron chi connectivity index (χ2n) is 5.79. The minimum Gasteiger partial charge on any atom is -0.349 e. The third kappa shape index (κ3) is 3.94. The van der Waals surface area contributed by atoms with Gasteiger partial charge >= 0.3 is 0 Å². The number of halogens is 1. The van der Waals surface area contributed by atoms with Gasteiger partial charge in [0, 0.05) is 23.4 Å². The highest BCUT2D eigenvalue weighted by atomic mass is 35.5. The Morgan fingerprint density at radius 1 is 1.42 bits per heavy atom. The molecule has 126 valence electrons. The van der Waals surface area contributed by atoms with Crippen LogP contribution in [0.4, 0.5) is 5.13 Å². The lowest BCUT2D eigenvalue weighted by atomic mass is 10.1. The monoisotopic (exact) mass is 363 g/mol. The Labute approximate surface area is 149 Å². The topological polar surface area (TPSA) is 62.3 Å². The first-order valence-corrected chi connectivity index (χ1v) is 9.08. The summed E-state index contributed by atoms with van der Waals surface area (Å²) in [6, 6.07) is 7.30. The largest absolute Gasteiger partial charge is 0.349 e. The fourth-order valence-corrected chi connectivity index (χ4v) is 3.64. The van der Waals surface area contributed by atoms with Crippen LogP contribution in [0.3, 0.4) is 0 Å². The molecule has 2 aromatic rings. The average molecular weight is 364 g/mol. The van der Waals surface area contributed by atoms with Crippen LogP contribution in [-0.4, -0.2) is 23.3 Å². The van der Waals surface area contributed by atoms with E-state index in [0.29, 0.717) is 28.8 Å². The zero-order chi connectivity index (χ0) is 17.1. The molecule has 24 heavy (non-hydrogen) atoms. The molecule has 5 nitrogen and oxygen atoms in total. The maximum atomic E-state index is 12.2. The van der Waals surface area contributed by atoms with Crippen LogP contribution in [-0.2, 0) is 16.0 Å². The number of carbonyl (C=O) groups excluding carboxylic acids is 2. The molecule has 1 atom stereocenters. The molecule has 1 aliphatic heterocycles. The van der Waals surface area contributed by atoms with Crippen molar-refractivity contribution in [2.75, 3.05) is 11.4 Å². The summed E-state index contributed by atoms with van der Waals surface area (Å²) in [5, 5.41) is 6.15. The van der Waals surface area contributed by atoms with Crippen molar-refractivity contribution < 1.29 is 9.59 Å². The number of carbonyl (C=O) groups is 2. The first-order valence-electron chi connectivity index (χ1n) is 7.82. The first kappa shape index (κ1) is 16.9. The predicted molar refractivity (Wildman–Crippen MR) is 95.4 cm³/mol. The highest BCUT2D eigenvalue weighted by Crippen LogP contribution is 2.25. The summed E-state index contributed by atoms with van der Waals surface area (Å²) in [5.41, 5.74) is 1.69. The van der Waals surface area contributed by atoms with Gasteiger partial charge in [0.05, 0.1) is 18.2 Å². The number of aromatic nitrogens is 1. The standard InChI is InChI=1S/C17H18ClN3O2S/c1-11(12-4-6-13(18)7-5-12)19-15(22)9-14-10-24-17(20-14)21-8-2-3-16(21)23/h4-7,10-11H,2-3,8-9H2,1H3,(H,19,22). The summed E-state index contributed by atoms with van der Waals surface area (Å²) < 4.78 is 0. The van der Waals surface area contributed by atoms with E-state index in [1.54, 1.807) is 17.0 Å². The number of hydrogen-bond acceptors (Lipinski definition) is 4. The summed E-state index contributed by atoms with van der Waals surface area (Å²) >= 11 is 7.28. The van der Waals surface area contributed by atoms with E-state index in [9.17, 15) is 9.59 Å². The number of amides is 2. The number of nitrogens with one attached hydrogen (secondary N) is 1. The van der Waals surface area contributed by atoms with Crippen molar-refractivity contribution in [1.82, 2.24) is 10.3 Å². The second kappa shape index (κ2) is 7.32. The van der Waals surface area contributed by atoms with Crippen molar-refractivity contribution >= 4 is 39.9 Å². The van der Waals surface area contributed by atoms with Gasteiger partial charge in [0.1, 0.15) is 0 Å². The zero-order valence-corrected chi connectivity index (χ0v) is 14.9. The quantitative estimate of drug-likeness (QED) is 0.886. The van der Waals surface area contributed by atoms with Gasteiger partial charge in [-0.1, -0.05) is 23.7 Å². The summed E-state index contributed by atoms with van der Waals surface area (Å²) in [6.45, 7) is 2.64. The number of nitrogens with zero attached hydrogens (tertiary/aromatic N) is 2. The van der Waals surface area contributed by atoms with Crippen LogP contribution in [0.15, 0.2) is 29.6 Å². The zero-order valence-electron chi connectivity index (χ0n) is 13.3. The lowest BCUT2D eigenvalue weighted by Crippen LogP contribution is -2.28. The van der Waals surface area contributed by atoms with E-state index < -0.39 is 0 Å². The van der Waals surface area contributed by atoms with E-state index in [0.717, 1.165) is 12.0 Å². The smallest absolute Gasteiger partial charge is 0.228 e. The van der Waals surface area contributed by atoms with E-state index in [2.05, 4.69) is 10.3 Å². The molecule has 1 N–H and O–H groups in total. The second-order valence-corrected chi connectivity index (χ2v) is 7.06. The lowest BCUT2D eigenvalue weighted by Gasteiger charge is -2.14. The van der Waals surface area contributed by atoms with Crippen molar-refractivity contribution in [3.05, 3.63) is 45.9 Å². The van der Waals surface area contributed by atoms with Crippen molar-refractivity contribution in [2.24, 2.45) is 0 Å². The van der Waals surface area contributed by atoms with Gasteiger partial charge in [0.15, 0.2) is 5.13 Å². The molecular weight excluding hydrogens is 346 g/mol. The fraction of sp³-hybridized carbons (Fsp3) is 0.353. The van der Waals surface area contributed by atoms with Gasteiger partial charge in [-0.2, -0.15) is 0 Å². The van der Waals surface area contributed by atoms with Gasteiger partial charge in [-0.3, -0.25) is 14.5 Å². The van der Waals surface area contributed by atoms with Crippen molar-refractivity contribution in [3.8, 4) is 0 Å². The van der Waals surface area contributed by atoms with Crippen molar-refractivity contribution in [2.45, 2.75) is 32.2 Å². The molecule has 1 saturated heterocycles. The van der Waals surface area contributed by atoms with Crippen molar-refractivity contribution in [1.29, 1.82) is 0 Å². The van der Waals surface area contributed by atoms with Crippen LogP contribution in [0, 0.1) is 0 Å². The number of benzene rings is 1. The minimum atomic E-state index is -0.104. The van der Waals surface area contributed by atoms with Crippen LogP contribution in [0.5, 0.6) is 0 Å². The van der Waals surface area contributed by atoms with Crippen LogP contribution in [0.25, 0.3) is 0 Å². The Morgan fingerprint density at radius 3 is 2.83 bits per heavy atom. The number of hydrogen-bond donors (Lipinski definition) is 1. The summed E-state index contributed by atoms with van der Waals surface area (Å²) in [6.07, 6.45) is 1.65. The molecule has 1 aliphatic rings. The molecule has 1 aromatic heterocycles. The normalized spacial score (nSPS) is 15.6. The molecule has 1 aromatic carbocycles. The van der Waals surface area contributed by atoms with Crippen LogP contribution >= 0.6 is 22.9 Å². The van der Waals surface area contributed by atoms with Crippen LogP contribution < -0.4 is 10.2 Å². The van der Waals surface area contributed by atoms with E-state index in [4.69, 9.17) is 11.6 Å². The molecule has 3 rings (SSSR count). The molecule has 0 spiro atoms. The van der Waals surface area contributed by atoms with Crippen LogP contribution in [0.2, 0.25) is 5.02 Å². The third-order valence-corrected chi connectivity index (χ3v) is 5.10. The number of thiazole rings is 1. The molecule has 0 radical (unpaired) electrons. The molecular formula is C17H18ClN3O2S. The maximum absolute atomic E-state index is 12.2. The Balaban J connectivity index is 1.58. The van der Waals surface area contributed by atoms with Gasteiger partial charge in [-0.15, -0.1) is 11.3 Å². The molecule has 0 aliphatic carbocycles. The lowest BCUT2D eigenvalue weighted by molar-refractivity contribution is -0.121. The van der Waals surface area contributed by atoms with Gasteiger partial charge in [0.2, 0.25) is 11.8 Å². The number of anilines is 1. The molecule has 0 bridgehead atoms. The third-order valence-electron chi connectivity index (χ3n) is 3.93. The minimum absolute atomic E-state index is 0.0953. The highest BCUT2D eigenvalue weighted by molar-refractivity contribution is 7.14. The van der Waals surface area contributed by atoms with Crippen LogP contribution in [0.1, 0.15) is 37.1 Å².